The average Bonchev–Trinajstić information content (AvgIpc) is 2.73. The molecule has 0 atom stereocenters. The van der Waals surface area contributed by atoms with Crippen molar-refractivity contribution >= 4 is 23.2 Å². The van der Waals surface area contributed by atoms with Crippen molar-refractivity contribution in [2.24, 2.45) is 0 Å². The molecule has 0 heterocycles. The van der Waals surface area contributed by atoms with Crippen molar-refractivity contribution < 1.29 is 18.3 Å². The molecule has 3 nitrogen and oxygen atoms in total. The highest BCUT2D eigenvalue weighted by Crippen LogP contribution is 2.37. The molecule has 3 aromatic carbocycles. The molecule has 3 aromatic rings. The van der Waals surface area contributed by atoms with E-state index in [1.54, 1.807) is 24.3 Å². The highest BCUT2D eigenvalue weighted by Gasteiger charge is 2.15. The van der Waals surface area contributed by atoms with Gasteiger partial charge in [0.15, 0.2) is 11.5 Å². The van der Waals surface area contributed by atoms with Crippen LogP contribution in [0, 0.1) is 11.6 Å². The van der Waals surface area contributed by atoms with E-state index in [0.717, 1.165) is 24.1 Å². The Morgan fingerprint density at radius 1 is 0.933 bits per heavy atom. The van der Waals surface area contributed by atoms with Gasteiger partial charge in [0, 0.05) is 12.1 Å². The van der Waals surface area contributed by atoms with Crippen LogP contribution < -0.4 is 14.8 Å². The number of halogens is 4. The summed E-state index contributed by atoms with van der Waals surface area (Å²) in [7, 11) is 1.51. The van der Waals surface area contributed by atoms with Crippen LogP contribution in [0.5, 0.6) is 11.5 Å². The molecule has 0 spiro atoms. The summed E-state index contributed by atoms with van der Waals surface area (Å²) in [6.07, 6.45) is 0.774. The summed E-state index contributed by atoms with van der Waals surface area (Å²) in [5.41, 5.74) is 2.21. The third-order valence-electron chi connectivity index (χ3n) is 4.54. The lowest BCUT2D eigenvalue weighted by Crippen LogP contribution is -2.16. The van der Waals surface area contributed by atoms with Gasteiger partial charge < -0.3 is 14.8 Å². The molecule has 0 aliphatic rings. The zero-order chi connectivity index (χ0) is 21.5. The Morgan fingerprint density at radius 3 is 2.40 bits per heavy atom. The Bertz CT molecular complexity index is 977. The molecule has 0 aliphatic carbocycles. The minimum Gasteiger partial charge on any atom is -0.493 e. The van der Waals surface area contributed by atoms with Gasteiger partial charge in [-0.3, -0.25) is 0 Å². The van der Waals surface area contributed by atoms with Gasteiger partial charge in [-0.1, -0.05) is 41.4 Å². The summed E-state index contributed by atoms with van der Waals surface area (Å²) in [5.74, 6) is 0.0893. The van der Waals surface area contributed by atoms with E-state index >= 15 is 0 Å². The molecule has 0 saturated carbocycles. The van der Waals surface area contributed by atoms with Crippen LogP contribution in [0.1, 0.15) is 16.7 Å². The molecule has 3 rings (SSSR count). The normalized spacial score (nSPS) is 10.8. The van der Waals surface area contributed by atoms with E-state index in [2.05, 4.69) is 5.32 Å². The lowest BCUT2D eigenvalue weighted by Gasteiger charge is -2.15. The van der Waals surface area contributed by atoms with Crippen molar-refractivity contribution in [3.63, 3.8) is 0 Å². The van der Waals surface area contributed by atoms with Crippen LogP contribution in [-0.4, -0.2) is 13.7 Å². The summed E-state index contributed by atoms with van der Waals surface area (Å²) in [4.78, 5) is 0. The summed E-state index contributed by atoms with van der Waals surface area (Å²) in [6, 6.07) is 14.5. The number of hydrogen-bond donors (Lipinski definition) is 1. The van der Waals surface area contributed by atoms with Crippen LogP contribution in [0.4, 0.5) is 8.78 Å². The van der Waals surface area contributed by atoms with Gasteiger partial charge in [0.05, 0.1) is 17.2 Å². The predicted octanol–water partition coefficient (Wildman–Crippen LogP) is 6.19. The van der Waals surface area contributed by atoms with Crippen molar-refractivity contribution in [1.82, 2.24) is 5.32 Å². The van der Waals surface area contributed by atoms with Gasteiger partial charge in [0.1, 0.15) is 18.2 Å². The molecule has 0 saturated heterocycles. The Balaban J connectivity index is 1.61. The van der Waals surface area contributed by atoms with Crippen molar-refractivity contribution in [2.75, 3.05) is 13.7 Å². The first-order valence-corrected chi connectivity index (χ1v) is 10.1. The van der Waals surface area contributed by atoms with Gasteiger partial charge in [-0.2, -0.15) is 0 Å². The lowest BCUT2D eigenvalue weighted by atomic mass is 10.1. The minimum atomic E-state index is -0.445. The van der Waals surface area contributed by atoms with Crippen molar-refractivity contribution in [3.05, 3.63) is 93.0 Å². The SMILES string of the molecule is COc1cc(CNCCc2ccc(F)cc2)cc(Cl)c1OCc1c(F)cccc1Cl. The molecule has 0 aliphatic heterocycles. The minimum absolute atomic E-state index is 0.0726. The van der Waals surface area contributed by atoms with Crippen LogP contribution in [-0.2, 0) is 19.6 Å². The molecule has 0 unspecified atom stereocenters. The fourth-order valence-corrected chi connectivity index (χ4v) is 3.45. The molecule has 0 aromatic heterocycles. The topological polar surface area (TPSA) is 30.5 Å². The van der Waals surface area contributed by atoms with Gasteiger partial charge in [0.2, 0.25) is 0 Å². The van der Waals surface area contributed by atoms with Gasteiger partial charge in [-0.25, -0.2) is 8.78 Å². The number of nitrogens with one attached hydrogen (secondary N) is 1. The van der Waals surface area contributed by atoms with E-state index in [-0.39, 0.29) is 23.0 Å². The molecule has 30 heavy (non-hydrogen) atoms. The molecular formula is C23H21Cl2F2NO2. The molecule has 0 bridgehead atoms. The maximum atomic E-state index is 14.0. The number of methoxy groups -OCH3 is 1. The second-order valence-corrected chi connectivity index (χ2v) is 7.47. The van der Waals surface area contributed by atoms with Crippen molar-refractivity contribution in [2.45, 2.75) is 19.6 Å². The molecule has 0 radical (unpaired) electrons. The summed E-state index contributed by atoms with van der Waals surface area (Å²) in [6.45, 7) is 1.21. The predicted molar refractivity (Wildman–Crippen MR) is 116 cm³/mol. The molecule has 1 N–H and O–H groups in total. The smallest absolute Gasteiger partial charge is 0.180 e. The van der Waals surface area contributed by atoms with Crippen LogP contribution in [0.25, 0.3) is 0 Å². The summed E-state index contributed by atoms with van der Waals surface area (Å²) >= 11 is 12.4. The fraction of sp³-hybridized carbons (Fsp3) is 0.217. The van der Waals surface area contributed by atoms with E-state index in [4.69, 9.17) is 32.7 Å². The van der Waals surface area contributed by atoms with E-state index in [1.807, 2.05) is 6.07 Å². The highest BCUT2D eigenvalue weighted by molar-refractivity contribution is 6.32. The van der Waals surface area contributed by atoms with Gasteiger partial charge >= 0.3 is 0 Å². The largest absolute Gasteiger partial charge is 0.493 e. The second kappa shape index (κ2) is 10.6. The number of benzene rings is 3. The Morgan fingerprint density at radius 2 is 1.70 bits per heavy atom. The van der Waals surface area contributed by atoms with Crippen LogP contribution in [0.2, 0.25) is 10.0 Å². The Labute approximate surface area is 184 Å². The Kier molecular flexibility index (Phi) is 7.91. The van der Waals surface area contributed by atoms with E-state index < -0.39 is 5.82 Å². The zero-order valence-corrected chi connectivity index (χ0v) is 17.9. The van der Waals surface area contributed by atoms with Crippen molar-refractivity contribution in [3.8, 4) is 11.5 Å². The summed E-state index contributed by atoms with van der Waals surface area (Å²) < 4.78 is 38.0. The molecule has 158 valence electrons. The number of ether oxygens (including phenoxy) is 2. The summed E-state index contributed by atoms with van der Waals surface area (Å²) in [5, 5.41) is 3.96. The van der Waals surface area contributed by atoms with Crippen LogP contribution in [0.15, 0.2) is 54.6 Å². The molecule has 0 amide bonds. The Hall–Kier alpha value is -2.34. The van der Waals surface area contributed by atoms with E-state index in [0.29, 0.717) is 23.1 Å². The van der Waals surface area contributed by atoms with E-state index in [1.165, 1.54) is 31.4 Å². The van der Waals surface area contributed by atoms with Gasteiger partial charge in [-0.15, -0.1) is 0 Å². The lowest BCUT2D eigenvalue weighted by molar-refractivity contribution is 0.280. The zero-order valence-electron chi connectivity index (χ0n) is 16.4. The van der Waals surface area contributed by atoms with E-state index in [9.17, 15) is 8.78 Å². The molecule has 7 heteroatoms. The quantitative estimate of drug-likeness (QED) is 0.393. The molecule has 0 fully saturated rings. The average molecular weight is 452 g/mol. The number of hydrogen-bond acceptors (Lipinski definition) is 3. The third-order valence-corrected chi connectivity index (χ3v) is 5.18. The third kappa shape index (κ3) is 5.85. The first kappa shape index (κ1) is 22.3. The maximum Gasteiger partial charge on any atom is 0.180 e. The van der Waals surface area contributed by atoms with Gasteiger partial charge in [-0.05, 0) is 60.5 Å². The van der Waals surface area contributed by atoms with Crippen LogP contribution >= 0.6 is 23.2 Å². The fourth-order valence-electron chi connectivity index (χ4n) is 2.95. The molecular weight excluding hydrogens is 431 g/mol. The van der Waals surface area contributed by atoms with Crippen LogP contribution in [0.3, 0.4) is 0 Å². The van der Waals surface area contributed by atoms with Crippen molar-refractivity contribution in [1.29, 1.82) is 0 Å². The van der Waals surface area contributed by atoms with Gasteiger partial charge in [0.25, 0.3) is 0 Å². The monoisotopic (exact) mass is 451 g/mol. The highest BCUT2D eigenvalue weighted by atomic mass is 35.5. The first-order chi connectivity index (χ1) is 14.5. The second-order valence-electron chi connectivity index (χ2n) is 6.65. The number of rotatable bonds is 9. The standard InChI is InChI=1S/C23H21Cl2F2NO2/c1-29-22-12-16(13-28-10-9-15-5-7-17(26)8-6-15)11-20(25)23(22)30-14-18-19(24)3-2-4-21(18)27/h2-8,11-12,28H,9-10,13-14H2,1H3. The maximum absolute atomic E-state index is 14.0. The first-order valence-electron chi connectivity index (χ1n) is 9.35.